The van der Waals surface area contributed by atoms with Crippen molar-refractivity contribution < 1.29 is 22.7 Å². The summed E-state index contributed by atoms with van der Waals surface area (Å²) in [6.07, 6.45) is 0.432. The van der Waals surface area contributed by atoms with Crippen molar-refractivity contribution in [2.24, 2.45) is 0 Å². The Morgan fingerprint density at radius 1 is 1.29 bits per heavy atom. The third-order valence-corrected chi connectivity index (χ3v) is 6.62. The van der Waals surface area contributed by atoms with Crippen LogP contribution in [-0.2, 0) is 24.2 Å². The lowest BCUT2D eigenvalue weighted by Crippen LogP contribution is -2.40. The van der Waals surface area contributed by atoms with Gasteiger partial charge in [-0.2, -0.15) is 0 Å². The molecule has 0 unspecified atom stereocenters. The Bertz CT molecular complexity index is 700. The van der Waals surface area contributed by atoms with Crippen LogP contribution in [0.25, 0.3) is 0 Å². The van der Waals surface area contributed by atoms with E-state index in [1.807, 2.05) is 31.2 Å². The van der Waals surface area contributed by atoms with E-state index < -0.39 is 15.8 Å². The summed E-state index contributed by atoms with van der Waals surface area (Å²) in [5.74, 6) is -0.654. The normalized spacial score (nSPS) is 19.0. The molecule has 0 saturated carbocycles. The van der Waals surface area contributed by atoms with Crippen LogP contribution in [0, 0.1) is 6.92 Å². The maximum atomic E-state index is 12.0. The molecule has 0 aromatic heterocycles. The van der Waals surface area contributed by atoms with Gasteiger partial charge in [0.25, 0.3) is 5.91 Å². The average Bonchev–Trinajstić information content (AvgIpc) is 2.91. The van der Waals surface area contributed by atoms with Gasteiger partial charge in [-0.05, 0) is 25.5 Å². The first kappa shape index (κ1) is 18.8. The Hall–Kier alpha value is -1.54. The van der Waals surface area contributed by atoms with E-state index in [-0.39, 0.29) is 35.8 Å². The van der Waals surface area contributed by atoms with Crippen LogP contribution in [0.5, 0.6) is 0 Å². The summed E-state index contributed by atoms with van der Waals surface area (Å²) in [6, 6.07) is 7.44. The highest BCUT2D eigenvalue weighted by molar-refractivity contribution is 8.00. The van der Waals surface area contributed by atoms with Gasteiger partial charge in [0.05, 0.1) is 17.3 Å². The number of benzene rings is 1. The Morgan fingerprint density at radius 2 is 1.96 bits per heavy atom. The molecule has 0 bridgehead atoms. The zero-order valence-corrected chi connectivity index (χ0v) is 15.4. The number of carbonyl (C=O) groups is 2. The summed E-state index contributed by atoms with van der Waals surface area (Å²) in [5.41, 5.74) is 1.14. The number of thioether (sulfide) groups is 1. The molecule has 0 spiro atoms. The topological polar surface area (TPSA) is 80.8 Å². The van der Waals surface area contributed by atoms with Gasteiger partial charge < -0.3 is 9.64 Å². The van der Waals surface area contributed by atoms with E-state index in [2.05, 4.69) is 0 Å². The zero-order valence-electron chi connectivity index (χ0n) is 13.7. The number of esters is 1. The van der Waals surface area contributed by atoms with Crippen molar-refractivity contribution >= 4 is 33.5 Å². The lowest BCUT2D eigenvalue weighted by atomic mass is 10.2. The molecule has 1 saturated heterocycles. The average molecular weight is 371 g/mol. The molecule has 24 heavy (non-hydrogen) atoms. The zero-order chi connectivity index (χ0) is 17.7. The second kappa shape index (κ2) is 8.02. The molecule has 2 rings (SSSR count). The van der Waals surface area contributed by atoms with Crippen LogP contribution in [0.2, 0.25) is 0 Å². The third-order valence-electron chi connectivity index (χ3n) is 3.88. The summed E-state index contributed by atoms with van der Waals surface area (Å²) in [4.78, 5) is 26.1. The molecule has 1 aliphatic heterocycles. The van der Waals surface area contributed by atoms with Crippen LogP contribution in [-0.4, -0.2) is 62.1 Å². The number of rotatable bonds is 6. The van der Waals surface area contributed by atoms with Gasteiger partial charge in [0.2, 0.25) is 0 Å². The summed E-state index contributed by atoms with van der Waals surface area (Å²) in [6.45, 7) is 1.63. The van der Waals surface area contributed by atoms with E-state index in [4.69, 9.17) is 4.74 Å². The molecule has 8 heteroatoms. The molecular formula is C16H21NO5S2. The van der Waals surface area contributed by atoms with Gasteiger partial charge in [-0.3, -0.25) is 9.59 Å². The SMILES string of the molecule is Cc1ccc(SCC(=O)OCC(=O)N(C)[C@H]2CCS(=O)(=O)C2)cc1. The number of aryl methyl sites for hydroxylation is 1. The first-order valence-electron chi connectivity index (χ1n) is 7.58. The molecule has 1 aliphatic rings. The number of ether oxygens (including phenoxy) is 1. The summed E-state index contributed by atoms with van der Waals surface area (Å²) in [5, 5.41) is 0. The van der Waals surface area contributed by atoms with E-state index >= 15 is 0 Å². The van der Waals surface area contributed by atoms with E-state index in [0.717, 1.165) is 10.5 Å². The van der Waals surface area contributed by atoms with Crippen LogP contribution < -0.4 is 0 Å². The molecular weight excluding hydrogens is 350 g/mol. The van der Waals surface area contributed by atoms with Crippen LogP contribution in [0.3, 0.4) is 0 Å². The highest BCUT2D eigenvalue weighted by Gasteiger charge is 2.32. The standard InChI is InChI=1S/C16H21NO5S2/c1-12-3-5-14(6-4-12)23-10-16(19)22-9-15(18)17(2)13-7-8-24(20,21)11-13/h3-6,13H,7-11H2,1-2H3/t13-/m0/s1. The number of nitrogens with zero attached hydrogens (tertiary/aromatic N) is 1. The van der Waals surface area contributed by atoms with Gasteiger partial charge in [-0.1, -0.05) is 17.7 Å². The Kier molecular flexibility index (Phi) is 6.28. The van der Waals surface area contributed by atoms with Crippen LogP contribution in [0.15, 0.2) is 29.2 Å². The van der Waals surface area contributed by atoms with Crippen molar-refractivity contribution in [1.82, 2.24) is 4.90 Å². The molecule has 0 radical (unpaired) electrons. The minimum atomic E-state index is -3.05. The van der Waals surface area contributed by atoms with Crippen molar-refractivity contribution in [3.05, 3.63) is 29.8 Å². The fraction of sp³-hybridized carbons (Fsp3) is 0.500. The Morgan fingerprint density at radius 3 is 2.54 bits per heavy atom. The molecule has 1 heterocycles. The molecule has 0 N–H and O–H groups in total. The van der Waals surface area contributed by atoms with Crippen molar-refractivity contribution in [1.29, 1.82) is 0 Å². The Balaban J connectivity index is 1.72. The fourth-order valence-electron chi connectivity index (χ4n) is 2.35. The van der Waals surface area contributed by atoms with E-state index in [1.165, 1.54) is 16.7 Å². The number of hydrogen-bond donors (Lipinski definition) is 0. The molecule has 1 fully saturated rings. The molecule has 132 valence electrons. The number of amides is 1. The minimum absolute atomic E-state index is 0.0214. The molecule has 1 amide bonds. The number of hydrogen-bond acceptors (Lipinski definition) is 6. The van der Waals surface area contributed by atoms with Crippen molar-refractivity contribution in [3.63, 3.8) is 0 Å². The monoisotopic (exact) mass is 371 g/mol. The van der Waals surface area contributed by atoms with E-state index in [0.29, 0.717) is 6.42 Å². The van der Waals surface area contributed by atoms with Gasteiger partial charge in [0, 0.05) is 18.0 Å². The van der Waals surface area contributed by atoms with E-state index in [1.54, 1.807) is 7.05 Å². The maximum Gasteiger partial charge on any atom is 0.316 e. The smallest absolute Gasteiger partial charge is 0.316 e. The second-order valence-corrected chi connectivity index (χ2v) is 9.10. The maximum absolute atomic E-state index is 12.0. The first-order chi connectivity index (χ1) is 11.3. The van der Waals surface area contributed by atoms with Crippen molar-refractivity contribution in [2.75, 3.05) is 30.9 Å². The number of likely N-dealkylation sites (N-methyl/N-ethyl adjacent to an activating group) is 1. The molecule has 1 aromatic rings. The quantitative estimate of drug-likeness (QED) is 0.553. The van der Waals surface area contributed by atoms with Gasteiger partial charge >= 0.3 is 5.97 Å². The second-order valence-electron chi connectivity index (χ2n) is 5.82. The van der Waals surface area contributed by atoms with Crippen LogP contribution in [0.4, 0.5) is 0 Å². The van der Waals surface area contributed by atoms with Gasteiger partial charge in [0.1, 0.15) is 0 Å². The highest BCUT2D eigenvalue weighted by atomic mass is 32.2. The largest absolute Gasteiger partial charge is 0.455 e. The lowest BCUT2D eigenvalue weighted by molar-refractivity contribution is -0.150. The predicted molar refractivity (Wildman–Crippen MR) is 92.7 cm³/mol. The van der Waals surface area contributed by atoms with Crippen molar-refractivity contribution in [3.8, 4) is 0 Å². The summed E-state index contributed by atoms with van der Waals surface area (Å²) < 4.78 is 27.9. The third kappa shape index (κ3) is 5.52. The number of sulfone groups is 1. The van der Waals surface area contributed by atoms with E-state index in [9.17, 15) is 18.0 Å². The van der Waals surface area contributed by atoms with Crippen molar-refractivity contribution in [2.45, 2.75) is 24.3 Å². The lowest BCUT2D eigenvalue weighted by Gasteiger charge is -2.23. The fourth-order valence-corrected chi connectivity index (χ4v) is 4.82. The molecule has 1 atom stereocenters. The van der Waals surface area contributed by atoms with Crippen LogP contribution in [0.1, 0.15) is 12.0 Å². The molecule has 0 aliphatic carbocycles. The van der Waals surface area contributed by atoms with Gasteiger partial charge in [-0.25, -0.2) is 8.42 Å². The molecule has 6 nitrogen and oxygen atoms in total. The summed E-state index contributed by atoms with van der Waals surface area (Å²) >= 11 is 1.34. The van der Waals surface area contributed by atoms with Gasteiger partial charge in [0.15, 0.2) is 16.4 Å². The number of carbonyl (C=O) groups excluding carboxylic acids is 2. The molecule has 1 aromatic carbocycles. The highest BCUT2D eigenvalue weighted by Crippen LogP contribution is 2.19. The Labute approximate surface area is 146 Å². The van der Waals surface area contributed by atoms with Gasteiger partial charge in [-0.15, -0.1) is 11.8 Å². The summed E-state index contributed by atoms with van der Waals surface area (Å²) in [7, 11) is -1.51. The first-order valence-corrected chi connectivity index (χ1v) is 10.4. The minimum Gasteiger partial charge on any atom is -0.455 e. The van der Waals surface area contributed by atoms with Crippen LogP contribution >= 0.6 is 11.8 Å². The predicted octanol–water partition coefficient (Wildman–Crippen LogP) is 1.28.